The summed E-state index contributed by atoms with van der Waals surface area (Å²) < 4.78 is 5.16. The highest BCUT2D eigenvalue weighted by Gasteiger charge is 2.05. The van der Waals surface area contributed by atoms with Crippen molar-refractivity contribution in [3.8, 4) is 0 Å². The van der Waals surface area contributed by atoms with Gasteiger partial charge in [-0.25, -0.2) is 0 Å². The zero-order chi connectivity index (χ0) is 12.8. The van der Waals surface area contributed by atoms with Crippen molar-refractivity contribution in [2.75, 3.05) is 0 Å². The second-order valence-electron chi connectivity index (χ2n) is 4.21. The maximum absolute atomic E-state index is 11.9. The van der Waals surface area contributed by atoms with E-state index in [2.05, 4.69) is 12.2 Å². The minimum Gasteiger partial charge on any atom is -0.467 e. The monoisotopic (exact) mass is 243 g/mol. The van der Waals surface area contributed by atoms with E-state index in [-0.39, 0.29) is 5.91 Å². The van der Waals surface area contributed by atoms with Crippen molar-refractivity contribution in [2.24, 2.45) is 0 Å². The molecule has 1 aromatic carbocycles. The molecule has 2 aromatic rings. The fourth-order valence-corrected chi connectivity index (χ4v) is 1.79. The highest BCUT2D eigenvalue weighted by Crippen LogP contribution is 2.07. The quantitative estimate of drug-likeness (QED) is 0.876. The van der Waals surface area contributed by atoms with E-state index in [1.54, 1.807) is 12.3 Å². The summed E-state index contributed by atoms with van der Waals surface area (Å²) in [7, 11) is 0. The fourth-order valence-electron chi connectivity index (χ4n) is 1.79. The van der Waals surface area contributed by atoms with Gasteiger partial charge < -0.3 is 9.73 Å². The largest absolute Gasteiger partial charge is 0.467 e. The zero-order valence-corrected chi connectivity index (χ0v) is 10.5. The van der Waals surface area contributed by atoms with Gasteiger partial charge in [0.05, 0.1) is 12.8 Å². The Bertz CT molecular complexity index is 486. The molecule has 0 bridgehead atoms. The predicted octanol–water partition coefficient (Wildman–Crippen LogP) is 3.16. The molecule has 1 amide bonds. The molecular weight excluding hydrogens is 226 g/mol. The lowest BCUT2D eigenvalue weighted by Gasteiger charge is -2.04. The highest BCUT2D eigenvalue weighted by molar-refractivity contribution is 5.94. The van der Waals surface area contributed by atoms with Crippen molar-refractivity contribution in [1.82, 2.24) is 5.32 Å². The summed E-state index contributed by atoms with van der Waals surface area (Å²) in [4.78, 5) is 11.9. The lowest BCUT2D eigenvalue weighted by atomic mass is 10.1. The molecule has 94 valence electrons. The number of nitrogens with one attached hydrogen (secondary N) is 1. The number of rotatable bonds is 5. The molecule has 3 nitrogen and oxygen atoms in total. The molecule has 1 aromatic heterocycles. The summed E-state index contributed by atoms with van der Waals surface area (Å²) in [5.41, 5.74) is 1.95. The average molecular weight is 243 g/mol. The molecule has 1 N–H and O–H groups in total. The maximum atomic E-state index is 11.9. The van der Waals surface area contributed by atoms with Gasteiger partial charge in [-0.2, -0.15) is 0 Å². The average Bonchev–Trinajstić information content (AvgIpc) is 2.90. The van der Waals surface area contributed by atoms with Crippen LogP contribution in [-0.4, -0.2) is 5.91 Å². The Labute approximate surface area is 107 Å². The van der Waals surface area contributed by atoms with Crippen molar-refractivity contribution in [3.05, 3.63) is 59.5 Å². The van der Waals surface area contributed by atoms with Crippen LogP contribution in [0.5, 0.6) is 0 Å². The third-order valence-electron chi connectivity index (χ3n) is 2.76. The normalized spacial score (nSPS) is 10.3. The van der Waals surface area contributed by atoms with E-state index in [9.17, 15) is 4.79 Å². The van der Waals surface area contributed by atoms with Crippen LogP contribution in [0.3, 0.4) is 0 Å². The van der Waals surface area contributed by atoms with Gasteiger partial charge in [0, 0.05) is 5.56 Å². The van der Waals surface area contributed by atoms with Gasteiger partial charge in [0.1, 0.15) is 5.76 Å². The van der Waals surface area contributed by atoms with Crippen LogP contribution in [-0.2, 0) is 13.0 Å². The van der Waals surface area contributed by atoms with Crippen LogP contribution < -0.4 is 5.32 Å². The van der Waals surface area contributed by atoms with E-state index in [1.807, 2.05) is 30.3 Å². The number of carbonyl (C=O) groups excluding carboxylic acids is 1. The molecule has 0 atom stereocenters. The van der Waals surface area contributed by atoms with Gasteiger partial charge in [0.25, 0.3) is 5.91 Å². The SMILES string of the molecule is CCCc1ccc(C(=O)NCc2ccco2)cc1. The van der Waals surface area contributed by atoms with Crippen LogP contribution in [0.2, 0.25) is 0 Å². The van der Waals surface area contributed by atoms with Gasteiger partial charge in [-0.1, -0.05) is 25.5 Å². The van der Waals surface area contributed by atoms with Gasteiger partial charge in [0.15, 0.2) is 0 Å². The Morgan fingerprint density at radius 1 is 1.22 bits per heavy atom. The molecule has 3 heteroatoms. The molecule has 0 fully saturated rings. The third-order valence-corrected chi connectivity index (χ3v) is 2.76. The summed E-state index contributed by atoms with van der Waals surface area (Å²) >= 11 is 0. The molecule has 18 heavy (non-hydrogen) atoms. The number of aryl methyl sites for hydroxylation is 1. The molecule has 0 saturated heterocycles. The van der Waals surface area contributed by atoms with E-state index in [4.69, 9.17) is 4.42 Å². The molecular formula is C15H17NO2. The molecule has 0 saturated carbocycles. The van der Waals surface area contributed by atoms with Crippen molar-refractivity contribution in [2.45, 2.75) is 26.3 Å². The first-order valence-electron chi connectivity index (χ1n) is 6.19. The smallest absolute Gasteiger partial charge is 0.251 e. The lowest BCUT2D eigenvalue weighted by Crippen LogP contribution is -2.22. The molecule has 1 heterocycles. The first-order chi connectivity index (χ1) is 8.79. The third kappa shape index (κ3) is 3.23. The van der Waals surface area contributed by atoms with Crippen LogP contribution in [0.1, 0.15) is 35.0 Å². The van der Waals surface area contributed by atoms with E-state index in [0.29, 0.717) is 12.1 Å². The topological polar surface area (TPSA) is 42.2 Å². The fraction of sp³-hybridized carbons (Fsp3) is 0.267. The van der Waals surface area contributed by atoms with E-state index in [1.165, 1.54) is 5.56 Å². The maximum Gasteiger partial charge on any atom is 0.251 e. The number of amides is 1. The van der Waals surface area contributed by atoms with Crippen molar-refractivity contribution in [1.29, 1.82) is 0 Å². The summed E-state index contributed by atoms with van der Waals surface area (Å²) in [6, 6.07) is 11.4. The summed E-state index contributed by atoms with van der Waals surface area (Å²) in [5.74, 6) is 0.681. The number of hydrogen-bond acceptors (Lipinski definition) is 2. The van der Waals surface area contributed by atoms with Crippen molar-refractivity contribution < 1.29 is 9.21 Å². The van der Waals surface area contributed by atoms with E-state index >= 15 is 0 Å². The van der Waals surface area contributed by atoms with Gasteiger partial charge >= 0.3 is 0 Å². The Balaban J connectivity index is 1.92. The van der Waals surface area contributed by atoms with E-state index in [0.717, 1.165) is 18.6 Å². The number of furan rings is 1. The van der Waals surface area contributed by atoms with Gasteiger partial charge in [0.2, 0.25) is 0 Å². The van der Waals surface area contributed by atoms with E-state index < -0.39 is 0 Å². The second kappa shape index (κ2) is 6.05. The number of benzene rings is 1. The van der Waals surface area contributed by atoms with Crippen LogP contribution in [0.25, 0.3) is 0 Å². The van der Waals surface area contributed by atoms with Gasteiger partial charge in [-0.05, 0) is 36.2 Å². The molecule has 2 rings (SSSR count). The Hall–Kier alpha value is -2.03. The Morgan fingerprint density at radius 3 is 2.61 bits per heavy atom. The summed E-state index contributed by atoms with van der Waals surface area (Å²) in [5, 5.41) is 2.82. The molecule has 0 unspecified atom stereocenters. The first kappa shape index (κ1) is 12.4. The second-order valence-corrected chi connectivity index (χ2v) is 4.21. The van der Waals surface area contributed by atoms with Crippen LogP contribution in [0.15, 0.2) is 47.1 Å². The van der Waals surface area contributed by atoms with Crippen LogP contribution in [0, 0.1) is 0 Å². The Morgan fingerprint density at radius 2 is 2.00 bits per heavy atom. The van der Waals surface area contributed by atoms with Crippen LogP contribution in [0.4, 0.5) is 0 Å². The van der Waals surface area contributed by atoms with Crippen LogP contribution >= 0.6 is 0 Å². The van der Waals surface area contributed by atoms with Crippen molar-refractivity contribution >= 4 is 5.91 Å². The predicted molar refractivity (Wildman–Crippen MR) is 70.3 cm³/mol. The zero-order valence-electron chi connectivity index (χ0n) is 10.5. The molecule has 0 aliphatic carbocycles. The van der Waals surface area contributed by atoms with Crippen molar-refractivity contribution in [3.63, 3.8) is 0 Å². The number of carbonyl (C=O) groups is 1. The minimum atomic E-state index is -0.0746. The van der Waals surface area contributed by atoms with Gasteiger partial charge in [-0.3, -0.25) is 4.79 Å². The molecule has 0 radical (unpaired) electrons. The summed E-state index contributed by atoms with van der Waals surface area (Å²) in [6.45, 7) is 2.56. The summed E-state index contributed by atoms with van der Waals surface area (Å²) in [6.07, 6.45) is 3.76. The molecule has 0 aliphatic rings. The molecule has 0 aliphatic heterocycles. The number of hydrogen-bond donors (Lipinski definition) is 1. The first-order valence-corrected chi connectivity index (χ1v) is 6.19. The lowest BCUT2D eigenvalue weighted by molar-refractivity contribution is 0.0948. The highest BCUT2D eigenvalue weighted by atomic mass is 16.3. The van der Waals surface area contributed by atoms with Gasteiger partial charge in [-0.15, -0.1) is 0 Å². The minimum absolute atomic E-state index is 0.0746. The standard InChI is InChI=1S/C15H17NO2/c1-2-4-12-6-8-13(9-7-12)15(17)16-11-14-5-3-10-18-14/h3,5-10H,2,4,11H2,1H3,(H,16,17). The molecule has 0 spiro atoms. The Kier molecular flexibility index (Phi) is 4.18.